The minimum atomic E-state index is -0.519. The molecule has 1 amide bonds. The maximum atomic E-state index is 13.0. The smallest absolute Gasteiger partial charge is 0.272 e. The van der Waals surface area contributed by atoms with E-state index in [4.69, 9.17) is 0 Å². The Bertz CT molecular complexity index is 2430. The summed E-state index contributed by atoms with van der Waals surface area (Å²) in [6, 6.07) is 9.00. The van der Waals surface area contributed by atoms with Crippen molar-refractivity contribution in [1.82, 2.24) is 22.8 Å². The Labute approximate surface area is 361 Å². The summed E-state index contributed by atoms with van der Waals surface area (Å²) in [5.74, 6) is -0.215. The molecule has 0 aliphatic carbocycles. The number of anilines is 3. The molecule has 3 N–H and O–H groups in total. The Balaban J connectivity index is 0.000000281. The van der Waals surface area contributed by atoms with Crippen molar-refractivity contribution in [3.8, 4) is 0 Å². The van der Waals surface area contributed by atoms with Gasteiger partial charge in [0.05, 0.1) is 39.8 Å². The zero-order valence-electron chi connectivity index (χ0n) is 39.5. The van der Waals surface area contributed by atoms with Crippen LogP contribution < -0.4 is 16.0 Å². The van der Waals surface area contributed by atoms with Gasteiger partial charge in [-0.15, -0.1) is 0 Å². The Hall–Kier alpha value is -5.85. The molecule has 0 bridgehead atoms. The van der Waals surface area contributed by atoms with Gasteiger partial charge in [0.2, 0.25) is 0 Å². The highest BCUT2D eigenvalue weighted by Crippen LogP contribution is 2.26. The SMILES string of the molecule is Cn1cc(NC(C)(C)C)cc1C(=O)Cc1cc(C(=O)C(C)(C)C)n(C)c1.Cn1cc(NC(C)(C)C)cc1C(=O)Cc1cc(C(=O)Nc2cc(C(=O)C(C)(C)C)n(C)c2)n(C)c1. The molecule has 0 aliphatic rings. The standard InChI is InChI=1S/C27H37N5O3.C21H31N3O2/c1-26(2,3)24(34)21-12-18(15-32(21)9)28-25(35)22-10-17(14-30(22)7)11-23(33)20-13-19(16-31(20)8)29-27(4,5)6;1-20(2,3)19(26)17-9-14(12-23(17)7)10-18(25)16-11-15(13-24(16)8)22-21(4,5)6/h10,12-16,29H,11H2,1-9H3,(H,28,35);9,11-13,22H,10H2,1-8H3. The van der Waals surface area contributed by atoms with E-state index < -0.39 is 10.8 Å². The maximum absolute atomic E-state index is 13.0. The number of amides is 1. The lowest BCUT2D eigenvalue weighted by Crippen LogP contribution is -2.25. The van der Waals surface area contributed by atoms with Gasteiger partial charge in [0.15, 0.2) is 23.1 Å². The fourth-order valence-corrected chi connectivity index (χ4v) is 6.97. The van der Waals surface area contributed by atoms with Gasteiger partial charge in [-0.1, -0.05) is 41.5 Å². The highest BCUT2D eigenvalue weighted by atomic mass is 16.2. The number of carbonyl (C=O) groups excluding carboxylic acids is 5. The van der Waals surface area contributed by atoms with Crippen molar-refractivity contribution in [2.45, 2.75) is 107 Å². The van der Waals surface area contributed by atoms with Crippen LogP contribution in [0.1, 0.15) is 147 Å². The molecule has 0 atom stereocenters. The number of carbonyl (C=O) groups is 5. The Morgan fingerprint density at radius 1 is 0.426 bits per heavy atom. The number of nitrogens with zero attached hydrogens (tertiary/aromatic N) is 5. The number of hydrogen-bond acceptors (Lipinski definition) is 7. The van der Waals surface area contributed by atoms with Gasteiger partial charge in [0.1, 0.15) is 5.69 Å². The summed E-state index contributed by atoms with van der Waals surface area (Å²) in [6.45, 7) is 23.8. The van der Waals surface area contributed by atoms with Crippen molar-refractivity contribution in [2.24, 2.45) is 46.1 Å². The zero-order chi connectivity index (χ0) is 46.2. The van der Waals surface area contributed by atoms with Gasteiger partial charge >= 0.3 is 0 Å². The summed E-state index contributed by atoms with van der Waals surface area (Å²) in [6.07, 6.45) is 9.68. The van der Waals surface area contributed by atoms with Crippen LogP contribution in [0.5, 0.6) is 0 Å². The Kier molecular flexibility index (Phi) is 13.8. The monoisotopic (exact) mass is 837 g/mol. The summed E-state index contributed by atoms with van der Waals surface area (Å²) >= 11 is 0. The molecule has 13 nitrogen and oxygen atoms in total. The molecule has 5 heterocycles. The summed E-state index contributed by atoms with van der Waals surface area (Å²) in [7, 11) is 9.13. The molecule has 5 rings (SSSR count). The van der Waals surface area contributed by atoms with Crippen molar-refractivity contribution in [3.63, 3.8) is 0 Å². The first kappa shape index (κ1) is 47.8. The number of nitrogens with one attached hydrogen (secondary N) is 3. The van der Waals surface area contributed by atoms with Gasteiger partial charge in [0, 0.05) is 101 Å². The van der Waals surface area contributed by atoms with Crippen LogP contribution in [-0.2, 0) is 48.1 Å². The van der Waals surface area contributed by atoms with Crippen molar-refractivity contribution in [3.05, 3.63) is 101 Å². The van der Waals surface area contributed by atoms with E-state index in [0.717, 1.165) is 22.5 Å². The van der Waals surface area contributed by atoms with E-state index >= 15 is 0 Å². The second-order valence-electron chi connectivity index (χ2n) is 20.4. The lowest BCUT2D eigenvalue weighted by molar-refractivity contribution is 0.0843. The molecule has 330 valence electrons. The summed E-state index contributed by atoms with van der Waals surface area (Å²) in [4.78, 5) is 63.9. The molecular formula is C48H68N8O5. The Morgan fingerprint density at radius 2 is 0.738 bits per heavy atom. The predicted molar refractivity (Wildman–Crippen MR) is 245 cm³/mol. The highest BCUT2D eigenvalue weighted by Gasteiger charge is 2.28. The highest BCUT2D eigenvalue weighted by molar-refractivity contribution is 6.06. The maximum Gasteiger partial charge on any atom is 0.272 e. The van der Waals surface area contributed by atoms with Crippen molar-refractivity contribution < 1.29 is 24.0 Å². The summed E-state index contributed by atoms with van der Waals surface area (Å²) in [5.41, 5.74) is 5.72. The first-order valence-electron chi connectivity index (χ1n) is 20.7. The first-order valence-corrected chi connectivity index (χ1v) is 20.7. The summed E-state index contributed by atoms with van der Waals surface area (Å²) in [5, 5.41) is 9.63. The van der Waals surface area contributed by atoms with Crippen molar-refractivity contribution in [2.75, 3.05) is 16.0 Å². The molecule has 0 saturated carbocycles. The fraction of sp³-hybridized carbons (Fsp3) is 0.479. The van der Waals surface area contributed by atoms with Gasteiger partial charge in [0.25, 0.3) is 5.91 Å². The van der Waals surface area contributed by atoms with Gasteiger partial charge in [-0.05, 0) is 83.0 Å². The second-order valence-corrected chi connectivity index (χ2v) is 20.4. The van der Waals surface area contributed by atoms with E-state index in [2.05, 4.69) is 57.5 Å². The minimum absolute atomic E-state index is 0.00157. The van der Waals surface area contributed by atoms with Crippen molar-refractivity contribution in [1.29, 1.82) is 0 Å². The third kappa shape index (κ3) is 12.6. The van der Waals surface area contributed by atoms with E-state index in [-0.39, 0.29) is 53.0 Å². The fourth-order valence-electron chi connectivity index (χ4n) is 6.97. The van der Waals surface area contributed by atoms with E-state index in [1.165, 1.54) is 0 Å². The van der Waals surface area contributed by atoms with Crippen LogP contribution in [0.2, 0.25) is 0 Å². The molecule has 0 unspecified atom stereocenters. The number of aryl methyl sites for hydroxylation is 5. The minimum Gasteiger partial charge on any atom is -0.379 e. The molecule has 0 spiro atoms. The van der Waals surface area contributed by atoms with Crippen LogP contribution in [-0.4, -0.2) is 63.0 Å². The lowest BCUT2D eigenvalue weighted by atomic mass is 9.89. The average molecular weight is 837 g/mol. The van der Waals surface area contributed by atoms with Crippen molar-refractivity contribution >= 4 is 46.1 Å². The quantitative estimate of drug-likeness (QED) is 0.106. The molecule has 0 aliphatic heterocycles. The first-order chi connectivity index (χ1) is 27.8. The average Bonchev–Trinajstić information content (AvgIpc) is 3.90. The third-order valence-electron chi connectivity index (χ3n) is 9.80. The van der Waals surface area contributed by atoms with Crippen LogP contribution in [0.25, 0.3) is 0 Å². The molecule has 0 fully saturated rings. The van der Waals surface area contributed by atoms with Gasteiger partial charge in [-0.25, -0.2) is 0 Å². The van der Waals surface area contributed by atoms with Gasteiger partial charge in [-0.3, -0.25) is 24.0 Å². The number of Topliss-reactive ketones (excluding diaryl/α,β-unsaturated/α-hetero) is 4. The van der Waals surface area contributed by atoms with Crippen LogP contribution in [0.3, 0.4) is 0 Å². The third-order valence-corrected chi connectivity index (χ3v) is 9.80. The van der Waals surface area contributed by atoms with Gasteiger partial charge in [-0.2, -0.15) is 0 Å². The Morgan fingerprint density at radius 3 is 1.13 bits per heavy atom. The lowest BCUT2D eigenvalue weighted by Gasteiger charge is -2.20. The topological polar surface area (TPSA) is 146 Å². The zero-order valence-corrected chi connectivity index (χ0v) is 39.5. The molecule has 0 saturated heterocycles. The van der Waals surface area contributed by atoms with E-state index in [9.17, 15) is 24.0 Å². The number of hydrogen-bond donors (Lipinski definition) is 3. The normalized spacial score (nSPS) is 12.1. The molecular weight excluding hydrogens is 769 g/mol. The number of rotatable bonds is 12. The van der Waals surface area contributed by atoms with Crippen LogP contribution >= 0.6 is 0 Å². The van der Waals surface area contributed by atoms with E-state index in [1.54, 1.807) is 47.8 Å². The predicted octanol–water partition coefficient (Wildman–Crippen LogP) is 9.05. The van der Waals surface area contributed by atoms with Crippen LogP contribution in [0, 0.1) is 10.8 Å². The molecule has 13 heteroatoms. The second kappa shape index (κ2) is 17.6. The van der Waals surface area contributed by atoms with E-state index in [0.29, 0.717) is 34.2 Å². The molecule has 0 aromatic carbocycles. The van der Waals surface area contributed by atoms with Crippen LogP contribution in [0.15, 0.2) is 61.3 Å². The molecule has 0 radical (unpaired) electrons. The molecule has 61 heavy (non-hydrogen) atoms. The largest absolute Gasteiger partial charge is 0.379 e. The number of aromatic nitrogens is 5. The molecule has 5 aromatic rings. The summed E-state index contributed by atoms with van der Waals surface area (Å²) < 4.78 is 8.91. The van der Waals surface area contributed by atoms with Crippen LogP contribution in [0.4, 0.5) is 17.1 Å². The van der Waals surface area contributed by atoms with Gasteiger partial charge < -0.3 is 38.8 Å². The molecule has 5 aromatic heterocycles. The number of ketones is 4. The van der Waals surface area contributed by atoms with E-state index in [1.807, 2.05) is 113 Å².